The zero-order valence-electron chi connectivity index (χ0n) is 18.2. The summed E-state index contributed by atoms with van der Waals surface area (Å²) < 4.78 is 5.11. The summed E-state index contributed by atoms with van der Waals surface area (Å²) in [6.07, 6.45) is 3.24. The van der Waals surface area contributed by atoms with E-state index in [1.165, 1.54) is 11.1 Å². The van der Waals surface area contributed by atoms with Gasteiger partial charge >= 0.3 is 12.0 Å². The molecule has 2 heterocycles. The number of benzene rings is 2. The fraction of sp³-hybridized carbons (Fsp3) is 0.440. The van der Waals surface area contributed by atoms with E-state index in [-0.39, 0.29) is 6.03 Å². The predicted molar refractivity (Wildman–Crippen MR) is 121 cm³/mol. The number of para-hydroxylation sites is 1. The van der Waals surface area contributed by atoms with E-state index in [0.29, 0.717) is 23.8 Å². The lowest BCUT2D eigenvalue weighted by Crippen LogP contribution is -2.46. The second kappa shape index (κ2) is 9.96. The van der Waals surface area contributed by atoms with Gasteiger partial charge in [0.2, 0.25) is 0 Å². The van der Waals surface area contributed by atoms with Gasteiger partial charge in [-0.1, -0.05) is 36.4 Å². The smallest absolute Gasteiger partial charge is 0.340 e. The van der Waals surface area contributed by atoms with Crippen molar-refractivity contribution in [2.75, 3.05) is 38.1 Å². The number of carbonyl (C=O) groups is 2. The fourth-order valence-electron chi connectivity index (χ4n) is 4.65. The van der Waals surface area contributed by atoms with Crippen LogP contribution >= 0.6 is 0 Å². The van der Waals surface area contributed by atoms with Gasteiger partial charge in [-0.05, 0) is 55.4 Å². The van der Waals surface area contributed by atoms with E-state index >= 15 is 0 Å². The van der Waals surface area contributed by atoms with Gasteiger partial charge in [-0.3, -0.25) is 4.90 Å². The van der Waals surface area contributed by atoms with Crippen LogP contribution in [0.25, 0.3) is 0 Å². The number of ether oxygens (including phenoxy) is 1. The number of urea groups is 1. The second-order valence-corrected chi connectivity index (χ2v) is 8.40. The largest absolute Gasteiger partial charge is 0.462 e. The summed E-state index contributed by atoms with van der Waals surface area (Å²) in [6.45, 7) is 6.64. The predicted octanol–water partition coefficient (Wildman–Crippen LogP) is 4.17. The molecule has 2 aromatic rings. The maximum atomic E-state index is 13.0. The molecule has 0 unspecified atom stereocenters. The van der Waals surface area contributed by atoms with Crippen molar-refractivity contribution in [3.8, 4) is 0 Å². The van der Waals surface area contributed by atoms with Gasteiger partial charge in [0.05, 0.1) is 17.9 Å². The first-order valence-corrected chi connectivity index (χ1v) is 11.2. The third-order valence-electron chi connectivity index (χ3n) is 6.20. The monoisotopic (exact) mass is 421 g/mol. The Morgan fingerprint density at radius 1 is 1.06 bits per heavy atom. The molecule has 1 atom stereocenters. The normalized spacial score (nSPS) is 18.9. The van der Waals surface area contributed by atoms with Crippen LogP contribution in [0.15, 0.2) is 48.5 Å². The van der Waals surface area contributed by atoms with Crippen molar-refractivity contribution in [2.24, 2.45) is 5.92 Å². The van der Waals surface area contributed by atoms with Crippen molar-refractivity contribution in [2.45, 2.75) is 32.7 Å². The SMILES string of the molecule is CCOC(=O)c1ccccc1NC(=O)N1CCC[C@@H](CN2CCc3ccccc3C2)C1. The van der Waals surface area contributed by atoms with Gasteiger partial charge in [-0.15, -0.1) is 0 Å². The number of hydrogen-bond acceptors (Lipinski definition) is 4. The average Bonchev–Trinajstić information content (AvgIpc) is 2.79. The number of esters is 1. The minimum atomic E-state index is -0.416. The highest BCUT2D eigenvalue weighted by atomic mass is 16.5. The molecule has 1 saturated heterocycles. The molecular formula is C25H31N3O3. The highest BCUT2D eigenvalue weighted by Crippen LogP contribution is 2.24. The molecule has 0 saturated carbocycles. The van der Waals surface area contributed by atoms with Gasteiger partial charge in [0.15, 0.2) is 0 Å². The highest BCUT2D eigenvalue weighted by molar-refractivity contribution is 6.00. The van der Waals surface area contributed by atoms with Crippen molar-refractivity contribution in [1.82, 2.24) is 9.80 Å². The molecule has 0 aliphatic carbocycles. The first-order chi connectivity index (χ1) is 15.1. The van der Waals surface area contributed by atoms with Crippen molar-refractivity contribution >= 4 is 17.7 Å². The molecule has 6 heteroatoms. The molecule has 0 bridgehead atoms. The van der Waals surface area contributed by atoms with Crippen LogP contribution in [0, 0.1) is 5.92 Å². The van der Waals surface area contributed by atoms with Crippen LogP contribution in [0.3, 0.4) is 0 Å². The lowest BCUT2D eigenvalue weighted by Gasteiger charge is -2.37. The van der Waals surface area contributed by atoms with E-state index in [0.717, 1.165) is 52.0 Å². The Kier molecular flexibility index (Phi) is 6.87. The summed E-state index contributed by atoms with van der Waals surface area (Å²) >= 11 is 0. The zero-order valence-corrected chi connectivity index (χ0v) is 18.2. The summed E-state index contributed by atoms with van der Waals surface area (Å²) in [5.74, 6) is 0.0466. The van der Waals surface area contributed by atoms with Gasteiger partial charge in [0, 0.05) is 32.7 Å². The van der Waals surface area contributed by atoms with Crippen LogP contribution in [-0.2, 0) is 17.7 Å². The molecule has 31 heavy (non-hydrogen) atoms. The van der Waals surface area contributed by atoms with E-state index in [2.05, 4.69) is 34.5 Å². The quantitative estimate of drug-likeness (QED) is 0.737. The number of nitrogens with zero attached hydrogens (tertiary/aromatic N) is 2. The van der Waals surface area contributed by atoms with Gasteiger partial charge in [0.25, 0.3) is 0 Å². The maximum Gasteiger partial charge on any atom is 0.340 e. The standard InChI is InChI=1S/C25H31N3O3/c1-2-31-24(29)22-11-5-6-12-23(22)26-25(30)28-14-7-8-19(17-28)16-27-15-13-20-9-3-4-10-21(20)18-27/h3-6,9-12,19H,2,7-8,13-18H2,1H3,(H,26,30)/t19-/m0/s1. The zero-order chi connectivity index (χ0) is 21.6. The molecule has 164 valence electrons. The number of amides is 2. The van der Waals surface area contributed by atoms with Crippen LogP contribution in [0.1, 0.15) is 41.3 Å². The van der Waals surface area contributed by atoms with Gasteiger partial charge < -0.3 is 15.0 Å². The van der Waals surface area contributed by atoms with Crippen LogP contribution in [0.2, 0.25) is 0 Å². The topological polar surface area (TPSA) is 61.9 Å². The molecule has 0 radical (unpaired) electrons. The number of fused-ring (bicyclic) bond motifs is 1. The van der Waals surface area contributed by atoms with Gasteiger partial charge in [0.1, 0.15) is 0 Å². The molecule has 2 aliphatic rings. The molecule has 4 rings (SSSR count). The van der Waals surface area contributed by atoms with Crippen molar-refractivity contribution in [1.29, 1.82) is 0 Å². The number of carbonyl (C=O) groups excluding carboxylic acids is 2. The molecule has 2 amide bonds. The third kappa shape index (κ3) is 5.25. The summed E-state index contributed by atoms with van der Waals surface area (Å²) in [4.78, 5) is 29.5. The van der Waals surface area contributed by atoms with E-state index in [4.69, 9.17) is 4.74 Å². The number of piperidine rings is 1. The van der Waals surface area contributed by atoms with E-state index < -0.39 is 5.97 Å². The molecule has 0 aromatic heterocycles. The molecular weight excluding hydrogens is 390 g/mol. The van der Waals surface area contributed by atoms with E-state index in [1.54, 1.807) is 25.1 Å². The van der Waals surface area contributed by atoms with Gasteiger partial charge in [-0.2, -0.15) is 0 Å². The Labute approximate surface area is 184 Å². The van der Waals surface area contributed by atoms with Crippen LogP contribution in [0.4, 0.5) is 10.5 Å². The maximum absolute atomic E-state index is 13.0. The Hall–Kier alpha value is -2.86. The summed E-state index contributed by atoms with van der Waals surface area (Å²) in [7, 11) is 0. The Bertz CT molecular complexity index is 930. The number of rotatable bonds is 5. The van der Waals surface area contributed by atoms with Gasteiger partial charge in [-0.25, -0.2) is 9.59 Å². The van der Waals surface area contributed by atoms with Crippen LogP contribution in [0.5, 0.6) is 0 Å². The van der Waals surface area contributed by atoms with Crippen LogP contribution < -0.4 is 5.32 Å². The Morgan fingerprint density at radius 2 is 1.84 bits per heavy atom. The molecule has 0 spiro atoms. The number of likely N-dealkylation sites (tertiary alicyclic amines) is 1. The third-order valence-corrected chi connectivity index (χ3v) is 6.20. The number of hydrogen-bond donors (Lipinski definition) is 1. The van der Waals surface area contributed by atoms with Crippen LogP contribution in [-0.4, -0.2) is 54.6 Å². The first kappa shape index (κ1) is 21.4. The first-order valence-electron chi connectivity index (χ1n) is 11.2. The average molecular weight is 422 g/mol. The molecule has 1 fully saturated rings. The molecule has 6 nitrogen and oxygen atoms in total. The van der Waals surface area contributed by atoms with E-state index in [1.807, 2.05) is 11.0 Å². The number of nitrogens with one attached hydrogen (secondary N) is 1. The molecule has 1 N–H and O–H groups in total. The molecule has 2 aromatic carbocycles. The van der Waals surface area contributed by atoms with Crippen molar-refractivity contribution < 1.29 is 14.3 Å². The highest BCUT2D eigenvalue weighted by Gasteiger charge is 2.27. The Morgan fingerprint density at radius 3 is 2.68 bits per heavy atom. The minimum absolute atomic E-state index is 0.148. The van der Waals surface area contributed by atoms with Crippen molar-refractivity contribution in [3.05, 3.63) is 65.2 Å². The summed E-state index contributed by atoms with van der Waals surface area (Å²) in [5, 5.41) is 2.93. The lowest BCUT2D eigenvalue weighted by molar-refractivity contribution is 0.0527. The summed E-state index contributed by atoms with van der Waals surface area (Å²) in [5.41, 5.74) is 3.78. The van der Waals surface area contributed by atoms with Crippen molar-refractivity contribution in [3.63, 3.8) is 0 Å². The lowest BCUT2D eigenvalue weighted by atomic mass is 9.95. The Balaban J connectivity index is 1.35. The fourth-order valence-corrected chi connectivity index (χ4v) is 4.65. The minimum Gasteiger partial charge on any atom is -0.462 e. The second-order valence-electron chi connectivity index (χ2n) is 8.40. The number of anilines is 1. The molecule has 2 aliphatic heterocycles. The summed E-state index contributed by atoms with van der Waals surface area (Å²) in [6, 6.07) is 15.6. The van der Waals surface area contributed by atoms with E-state index in [9.17, 15) is 9.59 Å².